The number of nitrogens with one attached hydrogen (secondary N) is 1. The van der Waals surface area contributed by atoms with Crippen LogP contribution in [0.1, 0.15) is 26.7 Å². The molecule has 4 heteroatoms. The third-order valence-electron chi connectivity index (χ3n) is 1.75. The van der Waals surface area contributed by atoms with Gasteiger partial charge in [-0.2, -0.15) is 0 Å². The Hall–Kier alpha value is -0.0900. The second-order valence-electron chi connectivity index (χ2n) is 3.07. The zero-order chi connectivity index (χ0) is 9.61. The van der Waals surface area contributed by atoms with Crippen LogP contribution in [0.3, 0.4) is 0 Å². The normalized spacial score (nSPS) is 15.3. The zero-order valence-electron chi connectivity index (χ0n) is 7.56. The second-order valence-corrected chi connectivity index (χ2v) is 3.86. The van der Waals surface area contributed by atoms with Gasteiger partial charge in [0, 0.05) is 18.3 Å². The highest BCUT2D eigenvalue weighted by Crippen LogP contribution is 2.05. The molecule has 0 aliphatic rings. The van der Waals surface area contributed by atoms with Gasteiger partial charge in [0.25, 0.3) is 0 Å². The van der Waals surface area contributed by atoms with Crippen LogP contribution in [-0.4, -0.2) is 28.5 Å². The first-order chi connectivity index (χ1) is 5.52. The molecule has 1 unspecified atom stereocenters. The lowest BCUT2D eigenvalue weighted by molar-refractivity contribution is -0.121. The van der Waals surface area contributed by atoms with Gasteiger partial charge in [0.05, 0.1) is 5.60 Å². The zero-order valence-corrected chi connectivity index (χ0v) is 9.15. The van der Waals surface area contributed by atoms with Crippen LogP contribution in [0.25, 0.3) is 0 Å². The summed E-state index contributed by atoms with van der Waals surface area (Å²) in [7, 11) is 0. The molecule has 0 aromatic carbocycles. The second kappa shape index (κ2) is 5.54. The summed E-state index contributed by atoms with van der Waals surface area (Å²) in [6, 6.07) is 0. The van der Waals surface area contributed by atoms with Crippen molar-refractivity contribution in [3.8, 4) is 0 Å². The Morgan fingerprint density at radius 2 is 2.25 bits per heavy atom. The van der Waals surface area contributed by atoms with Crippen LogP contribution in [0.2, 0.25) is 0 Å². The summed E-state index contributed by atoms with van der Waals surface area (Å²) in [5.74, 6) is -0.0272. The van der Waals surface area contributed by atoms with E-state index >= 15 is 0 Å². The molecule has 0 radical (unpaired) electrons. The van der Waals surface area contributed by atoms with E-state index in [0.29, 0.717) is 24.7 Å². The fourth-order valence-electron chi connectivity index (χ4n) is 0.588. The number of carbonyl (C=O) groups excluding carboxylic acids is 1. The summed E-state index contributed by atoms with van der Waals surface area (Å²) in [6.45, 7) is 3.92. The van der Waals surface area contributed by atoms with Crippen molar-refractivity contribution in [3.63, 3.8) is 0 Å². The molecule has 3 nitrogen and oxygen atoms in total. The van der Waals surface area contributed by atoms with Gasteiger partial charge in [-0.3, -0.25) is 4.79 Å². The molecule has 72 valence electrons. The molecule has 0 aliphatic carbocycles. The molecule has 2 N–H and O–H groups in total. The van der Waals surface area contributed by atoms with E-state index in [4.69, 9.17) is 0 Å². The topological polar surface area (TPSA) is 49.3 Å². The molecule has 0 rings (SSSR count). The number of hydrogen-bond donors (Lipinski definition) is 2. The van der Waals surface area contributed by atoms with E-state index in [-0.39, 0.29) is 5.91 Å². The van der Waals surface area contributed by atoms with Crippen LogP contribution in [0.4, 0.5) is 0 Å². The van der Waals surface area contributed by atoms with E-state index in [1.54, 1.807) is 6.92 Å². The van der Waals surface area contributed by atoms with Gasteiger partial charge in [0.2, 0.25) is 5.91 Å². The van der Waals surface area contributed by atoms with Gasteiger partial charge >= 0.3 is 0 Å². The number of amides is 1. The van der Waals surface area contributed by atoms with Crippen LogP contribution < -0.4 is 5.32 Å². The molecule has 0 aromatic heterocycles. The molecule has 0 aliphatic heterocycles. The Bertz CT molecular complexity index is 148. The van der Waals surface area contributed by atoms with E-state index < -0.39 is 5.60 Å². The first-order valence-corrected chi connectivity index (χ1v) is 5.19. The van der Waals surface area contributed by atoms with Crippen molar-refractivity contribution in [2.24, 2.45) is 0 Å². The third kappa shape index (κ3) is 5.55. The van der Waals surface area contributed by atoms with Crippen molar-refractivity contribution in [3.05, 3.63) is 0 Å². The van der Waals surface area contributed by atoms with Gasteiger partial charge in [-0.25, -0.2) is 0 Å². The van der Waals surface area contributed by atoms with E-state index in [1.807, 2.05) is 6.92 Å². The maximum absolute atomic E-state index is 11.0. The lowest BCUT2D eigenvalue weighted by atomic mass is 10.0. The number of hydrogen-bond acceptors (Lipinski definition) is 2. The van der Waals surface area contributed by atoms with Crippen LogP contribution in [0.15, 0.2) is 0 Å². The summed E-state index contributed by atoms with van der Waals surface area (Å²) in [4.78, 5) is 11.0. The number of alkyl halides is 1. The van der Waals surface area contributed by atoms with Gasteiger partial charge in [0.15, 0.2) is 0 Å². The summed E-state index contributed by atoms with van der Waals surface area (Å²) in [6.07, 6.45) is 1.10. The highest BCUT2D eigenvalue weighted by molar-refractivity contribution is 9.09. The molecule has 0 spiro atoms. The molecule has 12 heavy (non-hydrogen) atoms. The van der Waals surface area contributed by atoms with E-state index in [0.717, 1.165) is 0 Å². The Morgan fingerprint density at radius 3 is 2.67 bits per heavy atom. The Morgan fingerprint density at radius 1 is 1.67 bits per heavy atom. The smallest absolute Gasteiger partial charge is 0.220 e. The minimum atomic E-state index is -0.776. The quantitative estimate of drug-likeness (QED) is 0.703. The van der Waals surface area contributed by atoms with Gasteiger partial charge in [-0.05, 0) is 13.3 Å². The maximum Gasteiger partial charge on any atom is 0.220 e. The van der Waals surface area contributed by atoms with Gasteiger partial charge < -0.3 is 10.4 Å². The summed E-state index contributed by atoms with van der Waals surface area (Å²) in [5.41, 5.74) is -0.776. The van der Waals surface area contributed by atoms with Crippen LogP contribution in [-0.2, 0) is 4.79 Å². The first-order valence-electron chi connectivity index (χ1n) is 4.07. The molecule has 0 aromatic rings. The maximum atomic E-state index is 11.0. The van der Waals surface area contributed by atoms with Gasteiger partial charge in [-0.1, -0.05) is 22.9 Å². The monoisotopic (exact) mass is 237 g/mol. The molecule has 0 fully saturated rings. The number of carbonyl (C=O) groups is 1. The minimum absolute atomic E-state index is 0.0272. The van der Waals surface area contributed by atoms with Crippen molar-refractivity contribution in [2.45, 2.75) is 32.3 Å². The molecular weight excluding hydrogens is 222 g/mol. The molecule has 0 saturated carbocycles. The fourth-order valence-corrected chi connectivity index (χ4v) is 0.948. The first kappa shape index (κ1) is 11.9. The van der Waals surface area contributed by atoms with E-state index in [1.165, 1.54) is 0 Å². The molecule has 1 amide bonds. The molecular formula is C8H16BrNO2. The summed E-state index contributed by atoms with van der Waals surface area (Å²) < 4.78 is 0. The number of halogens is 1. The molecule has 0 heterocycles. The Balaban J connectivity index is 3.60. The highest BCUT2D eigenvalue weighted by atomic mass is 79.9. The van der Waals surface area contributed by atoms with E-state index in [9.17, 15) is 9.90 Å². The van der Waals surface area contributed by atoms with E-state index in [2.05, 4.69) is 21.2 Å². The van der Waals surface area contributed by atoms with Crippen molar-refractivity contribution >= 4 is 21.8 Å². The van der Waals surface area contributed by atoms with Crippen molar-refractivity contribution in [1.82, 2.24) is 5.32 Å². The van der Waals surface area contributed by atoms with Gasteiger partial charge in [-0.15, -0.1) is 0 Å². The number of aliphatic hydroxyl groups is 1. The highest BCUT2D eigenvalue weighted by Gasteiger charge is 2.17. The largest absolute Gasteiger partial charge is 0.388 e. The van der Waals surface area contributed by atoms with Crippen LogP contribution >= 0.6 is 15.9 Å². The van der Waals surface area contributed by atoms with Gasteiger partial charge in [0.1, 0.15) is 0 Å². The molecule has 1 atom stereocenters. The average molecular weight is 238 g/mol. The Labute approximate surface area is 81.7 Å². The van der Waals surface area contributed by atoms with Crippen molar-refractivity contribution < 1.29 is 9.90 Å². The predicted molar refractivity (Wildman–Crippen MR) is 52.3 cm³/mol. The minimum Gasteiger partial charge on any atom is -0.388 e. The van der Waals surface area contributed by atoms with Crippen LogP contribution in [0.5, 0.6) is 0 Å². The van der Waals surface area contributed by atoms with Crippen molar-refractivity contribution in [1.29, 1.82) is 0 Å². The lowest BCUT2D eigenvalue weighted by Crippen LogP contribution is -2.40. The number of rotatable bonds is 5. The summed E-state index contributed by atoms with van der Waals surface area (Å²) >= 11 is 3.16. The average Bonchev–Trinajstić information content (AvgIpc) is 2.02. The SMILES string of the molecule is CCC(C)(O)CNC(=O)CCBr. The lowest BCUT2D eigenvalue weighted by Gasteiger charge is -2.21. The molecule has 0 bridgehead atoms. The molecule has 0 saturated heterocycles. The predicted octanol–water partition coefficient (Wildman–Crippen LogP) is 1.05. The standard InChI is InChI=1S/C8H16BrNO2/c1-3-8(2,12)6-10-7(11)4-5-9/h12H,3-6H2,1-2H3,(H,10,11). The Kier molecular flexibility index (Phi) is 5.50. The third-order valence-corrected chi connectivity index (χ3v) is 2.15. The summed E-state index contributed by atoms with van der Waals surface area (Å²) in [5, 5.41) is 12.8. The van der Waals surface area contributed by atoms with Crippen LogP contribution in [0, 0.1) is 0 Å². The fraction of sp³-hybridized carbons (Fsp3) is 0.875. The van der Waals surface area contributed by atoms with Crippen molar-refractivity contribution in [2.75, 3.05) is 11.9 Å².